The van der Waals surface area contributed by atoms with Gasteiger partial charge in [-0.3, -0.25) is 4.79 Å². The second-order valence-corrected chi connectivity index (χ2v) is 5.21. The highest BCUT2D eigenvalue weighted by molar-refractivity contribution is 5.84. The van der Waals surface area contributed by atoms with Gasteiger partial charge >= 0.3 is 5.97 Å². The number of ether oxygens (including phenoxy) is 1. The van der Waals surface area contributed by atoms with Crippen LogP contribution in [-0.4, -0.2) is 30.2 Å². The van der Waals surface area contributed by atoms with Gasteiger partial charge in [-0.1, -0.05) is 18.2 Å². The van der Waals surface area contributed by atoms with Crippen LogP contribution >= 0.6 is 0 Å². The first-order valence-corrected chi connectivity index (χ1v) is 6.97. The molecule has 2 atom stereocenters. The summed E-state index contributed by atoms with van der Waals surface area (Å²) in [6, 6.07) is 4.43. The van der Waals surface area contributed by atoms with E-state index in [0.29, 0.717) is 12.0 Å². The Hall–Kier alpha value is -1.88. The van der Waals surface area contributed by atoms with E-state index < -0.39 is 12.0 Å². The van der Waals surface area contributed by atoms with Crippen LogP contribution in [0.1, 0.15) is 42.5 Å². The molecule has 0 spiro atoms. The van der Waals surface area contributed by atoms with Gasteiger partial charge in [0.1, 0.15) is 0 Å². The van der Waals surface area contributed by atoms with Crippen molar-refractivity contribution in [3.63, 3.8) is 0 Å². The number of nitrogens with one attached hydrogen (secondary N) is 1. The Bertz CT molecular complexity index is 513. The average Bonchev–Trinajstić information content (AvgIpc) is 2.45. The Labute approximate surface area is 125 Å². The number of carbonyl (C=O) groups excluding carboxylic acids is 1. The maximum absolute atomic E-state index is 11.9. The zero-order valence-corrected chi connectivity index (χ0v) is 13.0. The number of benzene rings is 1. The molecule has 5 nitrogen and oxygen atoms in total. The Morgan fingerprint density at radius 2 is 2.00 bits per heavy atom. The van der Waals surface area contributed by atoms with E-state index in [9.17, 15) is 14.7 Å². The molecule has 0 heterocycles. The van der Waals surface area contributed by atoms with Crippen molar-refractivity contribution in [1.29, 1.82) is 0 Å². The van der Waals surface area contributed by atoms with Crippen LogP contribution in [0.15, 0.2) is 18.2 Å². The minimum Gasteiger partial charge on any atom is -0.479 e. The van der Waals surface area contributed by atoms with E-state index in [1.807, 2.05) is 26.8 Å². The largest absolute Gasteiger partial charge is 0.479 e. The van der Waals surface area contributed by atoms with Gasteiger partial charge in [0.2, 0.25) is 5.91 Å². The fourth-order valence-corrected chi connectivity index (χ4v) is 2.04. The van der Waals surface area contributed by atoms with Gasteiger partial charge in [-0.25, -0.2) is 4.79 Å². The number of carbonyl (C=O) groups is 2. The van der Waals surface area contributed by atoms with Crippen molar-refractivity contribution in [3.05, 3.63) is 34.9 Å². The number of aryl methyl sites for hydroxylation is 1. The van der Waals surface area contributed by atoms with Gasteiger partial charge in [-0.05, 0) is 43.9 Å². The summed E-state index contributed by atoms with van der Waals surface area (Å²) in [4.78, 5) is 23.4. The molecule has 2 N–H and O–H groups in total. The number of aliphatic carboxylic acids is 1. The molecule has 21 heavy (non-hydrogen) atoms. The van der Waals surface area contributed by atoms with Crippen LogP contribution in [0.3, 0.4) is 0 Å². The summed E-state index contributed by atoms with van der Waals surface area (Å²) < 4.78 is 5.08. The highest BCUT2D eigenvalue weighted by atomic mass is 16.5. The van der Waals surface area contributed by atoms with Crippen molar-refractivity contribution in [2.24, 2.45) is 0 Å². The topological polar surface area (TPSA) is 75.6 Å². The van der Waals surface area contributed by atoms with Gasteiger partial charge < -0.3 is 15.2 Å². The molecular formula is C16H23NO4. The van der Waals surface area contributed by atoms with Crippen molar-refractivity contribution in [1.82, 2.24) is 5.32 Å². The number of methoxy groups -OCH3 is 1. The Morgan fingerprint density at radius 1 is 1.33 bits per heavy atom. The highest BCUT2D eigenvalue weighted by Crippen LogP contribution is 2.21. The molecule has 0 aromatic heterocycles. The number of amides is 1. The standard InChI is InChI=1S/C16H23NO4/c1-10-6-5-7-13(12(10)3)15(16(19)20)17-14(18)9-8-11(2)21-4/h5-7,11,15H,8-9H2,1-4H3,(H,17,18)(H,19,20). The summed E-state index contributed by atoms with van der Waals surface area (Å²) in [5.41, 5.74) is 2.51. The predicted molar refractivity (Wildman–Crippen MR) is 80.1 cm³/mol. The molecule has 0 bridgehead atoms. The summed E-state index contributed by atoms with van der Waals surface area (Å²) in [5.74, 6) is -1.34. The number of hydrogen-bond donors (Lipinski definition) is 2. The summed E-state index contributed by atoms with van der Waals surface area (Å²) in [5, 5.41) is 12.0. The molecule has 2 unspecified atom stereocenters. The molecule has 116 valence electrons. The zero-order chi connectivity index (χ0) is 16.0. The zero-order valence-electron chi connectivity index (χ0n) is 13.0. The maximum atomic E-state index is 11.9. The summed E-state index contributed by atoms with van der Waals surface area (Å²) in [6.45, 7) is 5.65. The fourth-order valence-electron chi connectivity index (χ4n) is 2.04. The minimum absolute atomic E-state index is 0.0280. The van der Waals surface area contributed by atoms with Crippen molar-refractivity contribution in [2.45, 2.75) is 45.8 Å². The van der Waals surface area contributed by atoms with Crippen LogP contribution in [0.5, 0.6) is 0 Å². The molecule has 0 saturated heterocycles. The van der Waals surface area contributed by atoms with E-state index in [0.717, 1.165) is 11.1 Å². The minimum atomic E-state index is -1.06. The van der Waals surface area contributed by atoms with E-state index in [-0.39, 0.29) is 18.4 Å². The van der Waals surface area contributed by atoms with E-state index in [1.54, 1.807) is 19.2 Å². The Kier molecular flexibility index (Phi) is 6.37. The molecule has 0 aliphatic heterocycles. The van der Waals surface area contributed by atoms with E-state index in [2.05, 4.69) is 5.32 Å². The molecule has 1 rings (SSSR count). The average molecular weight is 293 g/mol. The van der Waals surface area contributed by atoms with Crippen LogP contribution in [0, 0.1) is 13.8 Å². The van der Waals surface area contributed by atoms with Gasteiger partial charge in [0.15, 0.2) is 6.04 Å². The van der Waals surface area contributed by atoms with E-state index >= 15 is 0 Å². The summed E-state index contributed by atoms with van der Waals surface area (Å²) >= 11 is 0. The van der Waals surface area contributed by atoms with Crippen molar-refractivity contribution in [3.8, 4) is 0 Å². The Balaban J connectivity index is 2.81. The number of carboxylic acid groups (broad SMARTS) is 1. The molecule has 0 aliphatic carbocycles. The lowest BCUT2D eigenvalue weighted by Crippen LogP contribution is -2.34. The third kappa shape index (κ3) is 4.86. The molecular weight excluding hydrogens is 270 g/mol. The van der Waals surface area contributed by atoms with Gasteiger partial charge in [-0.2, -0.15) is 0 Å². The SMILES string of the molecule is COC(C)CCC(=O)NC(C(=O)O)c1cccc(C)c1C. The Morgan fingerprint density at radius 3 is 2.57 bits per heavy atom. The van der Waals surface area contributed by atoms with E-state index in [4.69, 9.17) is 4.74 Å². The number of rotatable bonds is 7. The van der Waals surface area contributed by atoms with Crippen molar-refractivity contribution >= 4 is 11.9 Å². The first kappa shape index (κ1) is 17.2. The summed E-state index contributed by atoms with van der Waals surface area (Å²) in [6.07, 6.45) is 0.769. The number of carboxylic acids is 1. The lowest BCUT2D eigenvalue weighted by Gasteiger charge is -2.18. The van der Waals surface area contributed by atoms with Gasteiger partial charge in [0, 0.05) is 13.5 Å². The first-order chi connectivity index (χ1) is 9.86. The van der Waals surface area contributed by atoms with Crippen LogP contribution in [-0.2, 0) is 14.3 Å². The molecule has 0 aliphatic rings. The molecule has 0 radical (unpaired) electrons. The molecule has 5 heteroatoms. The van der Waals surface area contributed by atoms with Crippen LogP contribution in [0.25, 0.3) is 0 Å². The smallest absolute Gasteiger partial charge is 0.330 e. The van der Waals surface area contributed by atoms with Crippen molar-refractivity contribution in [2.75, 3.05) is 7.11 Å². The molecule has 1 aromatic carbocycles. The van der Waals surface area contributed by atoms with Crippen LogP contribution < -0.4 is 5.32 Å². The lowest BCUT2D eigenvalue weighted by molar-refractivity contribution is -0.142. The van der Waals surface area contributed by atoms with Gasteiger partial charge in [0.05, 0.1) is 6.10 Å². The molecule has 1 aromatic rings. The van der Waals surface area contributed by atoms with Crippen LogP contribution in [0.4, 0.5) is 0 Å². The quantitative estimate of drug-likeness (QED) is 0.809. The van der Waals surface area contributed by atoms with Crippen LogP contribution in [0.2, 0.25) is 0 Å². The van der Waals surface area contributed by atoms with Gasteiger partial charge in [-0.15, -0.1) is 0 Å². The molecule has 0 saturated carbocycles. The van der Waals surface area contributed by atoms with Crippen molar-refractivity contribution < 1.29 is 19.4 Å². The monoisotopic (exact) mass is 293 g/mol. The van der Waals surface area contributed by atoms with Gasteiger partial charge in [0.25, 0.3) is 0 Å². The fraction of sp³-hybridized carbons (Fsp3) is 0.500. The third-order valence-corrected chi connectivity index (χ3v) is 3.69. The highest BCUT2D eigenvalue weighted by Gasteiger charge is 2.24. The normalized spacial score (nSPS) is 13.5. The lowest BCUT2D eigenvalue weighted by atomic mass is 9.97. The molecule has 1 amide bonds. The second kappa shape index (κ2) is 7.78. The maximum Gasteiger partial charge on any atom is 0.330 e. The second-order valence-electron chi connectivity index (χ2n) is 5.21. The van der Waals surface area contributed by atoms with E-state index in [1.165, 1.54) is 0 Å². The third-order valence-electron chi connectivity index (χ3n) is 3.69. The summed E-state index contributed by atoms with van der Waals surface area (Å²) in [7, 11) is 1.58. The number of hydrogen-bond acceptors (Lipinski definition) is 3. The molecule has 0 fully saturated rings. The first-order valence-electron chi connectivity index (χ1n) is 6.97. The predicted octanol–water partition coefficient (Wildman–Crippen LogP) is 2.36.